The summed E-state index contributed by atoms with van der Waals surface area (Å²) in [5, 5.41) is 3.15. The highest BCUT2D eigenvalue weighted by molar-refractivity contribution is 5.44. The molecule has 2 heterocycles. The molecule has 0 saturated heterocycles. The SMILES string of the molecule is COc1cc(NC(C)c2ccco2)nc(N)n1. The van der Waals surface area contributed by atoms with Gasteiger partial charge in [-0.3, -0.25) is 0 Å². The Hall–Kier alpha value is -2.24. The van der Waals surface area contributed by atoms with Crippen molar-refractivity contribution in [3.05, 3.63) is 30.2 Å². The molecule has 0 fully saturated rings. The van der Waals surface area contributed by atoms with Crippen LogP contribution in [0, 0.1) is 0 Å². The van der Waals surface area contributed by atoms with E-state index >= 15 is 0 Å². The van der Waals surface area contributed by atoms with E-state index in [1.165, 1.54) is 7.11 Å². The van der Waals surface area contributed by atoms with Crippen molar-refractivity contribution >= 4 is 11.8 Å². The van der Waals surface area contributed by atoms with E-state index in [-0.39, 0.29) is 12.0 Å². The first-order valence-corrected chi connectivity index (χ1v) is 5.17. The van der Waals surface area contributed by atoms with Crippen LogP contribution in [-0.2, 0) is 0 Å². The molecule has 0 saturated carbocycles. The van der Waals surface area contributed by atoms with Gasteiger partial charge in [0.15, 0.2) is 0 Å². The van der Waals surface area contributed by atoms with Gasteiger partial charge in [0, 0.05) is 6.07 Å². The number of hydrogen-bond acceptors (Lipinski definition) is 6. The van der Waals surface area contributed by atoms with Gasteiger partial charge in [-0.05, 0) is 19.1 Å². The second-order valence-corrected chi connectivity index (χ2v) is 3.54. The summed E-state index contributed by atoms with van der Waals surface area (Å²) in [6.45, 7) is 1.96. The lowest BCUT2D eigenvalue weighted by molar-refractivity contribution is 0.398. The average Bonchev–Trinajstić information content (AvgIpc) is 2.81. The smallest absolute Gasteiger partial charge is 0.225 e. The minimum atomic E-state index is -0.0102. The number of nitrogens with two attached hydrogens (primary N) is 1. The molecule has 2 rings (SSSR count). The molecule has 6 nitrogen and oxygen atoms in total. The molecular formula is C11H14N4O2. The molecule has 1 unspecified atom stereocenters. The number of nitrogens with zero attached hydrogens (tertiary/aromatic N) is 2. The van der Waals surface area contributed by atoms with Gasteiger partial charge in [-0.15, -0.1) is 0 Å². The van der Waals surface area contributed by atoms with Crippen LogP contribution in [0.1, 0.15) is 18.7 Å². The van der Waals surface area contributed by atoms with Gasteiger partial charge in [-0.1, -0.05) is 0 Å². The molecule has 2 aromatic rings. The average molecular weight is 234 g/mol. The first-order chi connectivity index (χ1) is 8.19. The van der Waals surface area contributed by atoms with Crippen LogP contribution in [-0.4, -0.2) is 17.1 Å². The number of methoxy groups -OCH3 is 1. The largest absolute Gasteiger partial charge is 0.481 e. The van der Waals surface area contributed by atoms with E-state index in [9.17, 15) is 0 Å². The lowest BCUT2D eigenvalue weighted by Gasteiger charge is -2.12. The zero-order valence-corrected chi connectivity index (χ0v) is 9.68. The summed E-state index contributed by atoms with van der Waals surface area (Å²) in [7, 11) is 1.53. The van der Waals surface area contributed by atoms with Crippen LogP contribution >= 0.6 is 0 Å². The van der Waals surface area contributed by atoms with Crippen LogP contribution in [0.5, 0.6) is 5.88 Å². The molecule has 1 atom stereocenters. The number of aromatic nitrogens is 2. The highest BCUT2D eigenvalue weighted by Crippen LogP contribution is 2.20. The Morgan fingerprint density at radius 2 is 2.29 bits per heavy atom. The molecule has 0 spiro atoms. The summed E-state index contributed by atoms with van der Waals surface area (Å²) in [5.41, 5.74) is 5.56. The van der Waals surface area contributed by atoms with Gasteiger partial charge in [0.25, 0.3) is 0 Å². The molecule has 0 radical (unpaired) electrons. The normalized spacial score (nSPS) is 12.1. The highest BCUT2D eigenvalue weighted by atomic mass is 16.5. The second-order valence-electron chi connectivity index (χ2n) is 3.54. The minimum absolute atomic E-state index is 0.0102. The van der Waals surface area contributed by atoms with Crippen molar-refractivity contribution < 1.29 is 9.15 Å². The van der Waals surface area contributed by atoms with Crippen molar-refractivity contribution in [3.8, 4) is 5.88 Å². The molecule has 0 bridgehead atoms. The van der Waals surface area contributed by atoms with Crippen LogP contribution in [0.2, 0.25) is 0 Å². The number of nitrogens with one attached hydrogen (secondary N) is 1. The molecule has 6 heteroatoms. The molecule has 0 aliphatic rings. The Morgan fingerprint density at radius 3 is 2.94 bits per heavy atom. The Balaban J connectivity index is 2.15. The number of anilines is 2. The first-order valence-electron chi connectivity index (χ1n) is 5.17. The number of nitrogen functional groups attached to an aromatic ring is 1. The maximum Gasteiger partial charge on any atom is 0.225 e. The van der Waals surface area contributed by atoms with E-state index in [1.54, 1.807) is 12.3 Å². The third kappa shape index (κ3) is 2.66. The van der Waals surface area contributed by atoms with Crippen LogP contribution in [0.3, 0.4) is 0 Å². The van der Waals surface area contributed by atoms with Crippen molar-refractivity contribution in [2.75, 3.05) is 18.2 Å². The molecule has 17 heavy (non-hydrogen) atoms. The Morgan fingerprint density at radius 1 is 1.47 bits per heavy atom. The van der Waals surface area contributed by atoms with E-state index in [1.807, 2.05) is 19.1 Å². The zero-order chi connectivity index (χ0) is 12.3. The summed E-state index contributed by atoms with van der Waals surface area (Å²) >= 11 is 0. The van der Waals surface area contributed by atoms with E-state index in [0.717, 1.165) is 5.76 Å². The van der Waals surface area contributed by atoms with Crippen molar-refractivity contribution in [2.24, 2.45) is 0 Å². The first kappa shape index (κ1) is 11.3. The molecule has 0 aliphatic carbocycles. The van der Waals surface area contributed by atoms with E-state index < -0.39 is 0 Å². The van der Waals surface area contributed by atoms with Crippen LogP contribution in [0.4, 0.5) is 11.8 Å². The van der Waals surface area contributed by atoms with Gasteiger partial charge in [-0.25, -0.2) is 0 Å². The fourth-order valence-electron chi connectivity index (χ4n) is 1.45. The summed E-state index contributed by atoms with van der Waals surface area (Å²) in [6, 6.07) is 5.39. The molecule has 0 amide bonds. The lowest BCUT2D eigenvalue weighted by Crippen LogP contribution is -2.09. The lowest BCUT2D eigenvalue weighted by atomic mass is 10.2. The fourth-order valence-corrected chi connectivity index (χ4v) is 1.45. The Bertz CT molecular complexity index is 484. The Labute approximate surface area is 98.8 Å². The second kappa shape index (κ2) is 4.73. The van der Waals surface area contributed by atoms with Crippen LogP contribution in [0.25, 0.3) is 0 Å². The third-order valence-electron chi connectivity index (χ3n) is 2.26. The molecule has 0 aliphatic heterocycles. The van der Waals surface area contributed by atoms with E-state index in [2.05, 4.69) is 15.3 Å². The van der Waals surface area contributed by atoms with E-state index in [0.29, 0.717) is 11.7 Å². The van der Waals surface area contributed by atoms with Crippen molar-refractivity contribution in [1.29, 1.82) is 0 Å². The highest BCUT2D eigenvalue weighted by Gasteiger charge is 2.10. The predicted octanol–water partition coefficient (Wildman–Crippen LogP) is 1.83. The number of ether oxygens (including phenoxy) is 1. The van der Waals surface area contributed by atoms with Gasteiger partial charge < -0.3 is 20.2 Å². The van der Waals surface area contributed by atoms with E-state index in [4.69, 9.17) is 14.9 Å². The third-order valence-corrected chi connectivity index (χ3v) is 2.26. The van der Waals surface area contributed by atoms with Gasteiger partial charge in [0.1, 0.15) is 11.6 Å². The molecule has 3 N–H and O–H groups in total. The summed E-state index contributed by atoms with van der Waals surface area (Å²) in [4.78, 5) is 7.97. The summed E-state index contributed by atoms with van der Waals surface area (Å²) < 4.78 is 10.3. The molecule has 0 aromatic carbocycles. The van der Waals surface area contributed by atoms with Gasteiger partial charge in [-0.2, -0.15) is 9.97 Å². The van der Waals surface area contributed by atoms with Crippen molar-refractivity contribution in [3.63, 3.8) is 0 Å². The maximum absolute atomic E-state index is 5.56. The molecule has 90 valence electrons. The number of furan rings is 1. The quantitative estimate of drug-likeness (QED) is 0.839. The molecule has 2 aromatic heterocycles. The van der Waals surface area contributed by atoms with Crippen LogP contribution < -0.4 is 15.8 Å². The van der Waals surface area contributed by atoms with Crippen molar-refractivity contribution in [2.45, 2.75) is 13.0 Å². The van der Waals surface area contributed by atoms with Gasteiger partial charge in [0.05, 0.1) is 19.4 Å². The predicted molar refractivity (Wildman–Crippen MR) is 63.7 cm³/mol. The number of rotatable bonds is 4. The standard InChI is InChI=1S/C11H14N4O2/c1-7(8-4-3-5-17-8)13-9-6-10(16-2)15-11(12)14-9/h3-7H,1-2H3,(H3,12,13,14,15). The van der Waals surface area contributed by atoms with Gasteiger partial charge >= 0.3 is 0 Å². The van der Waals surface area contributed by atoms with Crippen LogP contribution in [0.15, 0.2) is 28.9 Å². The maximum atomic E-state index is 5.56. The summed E-state index contributed by atoms with van der Waals surface area (Å²) in [5.74, 6) is 2.00. The zero-order valence-electron chi connectivity index (χ0n) is 9.68. The summed E-state index contributed by atoms with van der Waals surface area (Å²) in [6.07, 6.45) is 1.63. The molecular weight excluding hydrogens is 220 g/mol. The number of hydrogen-bond donors (Lipinski definition) is 2. The fraction of sp³-hybridized carbons (Fsp3) is 0.273. The minimum Gasteiger partial charge on any atom is -0.481 e. The topological polar surface area (TPSA) is 86.2 Å². The van der Waals surface area contributed by atoms with Gasteiger partial charge in [0.2, 0.25) is 11.8 Å². The Kier molecular flexibility index (Phi) is 3.13. The van der Waals surface area contributed by atoms with Crippen molar-refractivity contribution in [1.82, 2.24) is 9.97 Å². The monoisotopic (exact) mass is 234 g/mol.